The topological polar surface area (TPSA) is 93.5 Å². The van der Waals surface area contributed by atoms with E-state index in [2.05, 4.69) is 55.7 Å². The molecular formula is C22H31N3O3S. The van der Waals surface area contributed by atoms with Crippen molar-refractivity contribution in [1.29, 1.82) is 0 Å². The van der Waals surface area contributed by atoms with Crippen LogP contribution in [0.25, 0.3) is 0 Å². The second-order valence-corrected chi connectivity index (χ2v) is 8.20. The number of nitrogens with one attached hydrogen (secondary N) is 2. The highest BCUT2D eigenvalue weighted by atomic mass is 32.1. The average Bonchev–Trinajstić information content (AvgIpc) is 3.04. The molecule has 1 aromatic carbocycles. The van der Waals surface area contributed by atoms with Crippen molar-refractivity contribution in [3.63, 3.8) is 0 Å². The van der Waals surface area contributed by atoms with E-state index < -0.39 is 5.97 Å². The summed E-state index contributed by atoms with van der Waals surface area (Å²) < 4.78 is 5.17. The Hall–Kier alpha value is -2.38. The summed E-state index contributed by atoms with van der Waals surface area (Å²) in [6, 6.07) is 8.59. The van der Waals surface area contributed by atoms with Crippen LogP contribution in [0.15, 0.2) is 24.3 Å². The molecule has 6 nitrogen and oxygen atoms in total. The number of amides is 1. The van der Waals surface area contributed by atoms with E-state index in [9.17, 15) is 9.59 Å². The van der Waals surface area contributed by atoms with Gasteiger partial charge in [-0.3, -0.25) is 4.79 Å². The van der Waals surface area contributed by atoms with Crippen molar-refractivity contribution in [2.75, 3.05) is 19.4 Å². The molecule has 1 heterocycles. The monoisotopic (exact) mass is 417 g/mol. The zero-order chi connectivity index (χ0) is 21.6. The predicted molar refractivity (Wildman–Crippen MR) is 118 cm³/mol. The summed E-state index contributed by atoms with van der Waals surface area (Å²) >= 11 is 1.11. The van der Waals surface area contributed by atoms with Crippen LogP contribution < -0.4 is 16.4 Å². The number of nitrogen functional groups attached to an aromatic ring is 1. The molecule has 2 aromatic rings. The molecule has 1 aromatic heterocycles. The van der Waals surface area contributed by atoms with Gasteiger partial charge in [-0.2, -0.15) is 0 Å². The lowest BCUT2D eigenvalue weighted by Gasteiger charge is -2.24. The highest BCUT2D eigenvalue weighted by molar-refractivity contribution is 7.18. The largest absolute Gasteiger partial charge is 0.462 e. The van der Waals surface area contributed by atoms with Crippen molar-refractivity contribution in [2.45, 2.75) is 46.7 Å². The number of hydrogen-bond donors (Lipinski definition) is 3. The number of carbonyl (C=O) groups is 2. The number of ether oxygens (including phenoxy) is 1. The molecule has 1 atom stereocenters. The Kier molecular flexibility index (Phi) is 8.22. The fourth-order valence-corrected chi connectivity index (χ4v) is 4.31. The highest BCUT2D eigenvalue weighted by Gasteiger charge is 2.27. The van der Waals surface area contributed by atoms with E-state index in [0.717, 1.165) is 17.8 Å². The second-order valence-electron chi connectivity index (χ2n) is 7.15. The van der Waals surface area contributed by atoms with Crippen LogP contribution in [-0.2, 0) is 17.7 Å². The lowest BCUT2D eigenvalue weighted by Crippen LogP contribution is -2.28. The van der Waals surface area contributed by atoms with Gasteiger partial charge in [0.2, 0.25) is 0 Å². The van der Waals surface area contributed by atoms with Gasteiger partial charge in [0.1, 0.15) is 5.00 Å². The summed E-state index contributed by atoms with van der Waals surface area (Å²) in [4.78, 5) is 25.3. The minimum Gasteiger partial charge on any atom is -0.462 e. The van der Waals surface area contributed by atoms with Gasteiger partial charge >= 0.3 is 5.97 Å². The van der Waals surface area contributed by atoms with Crippen LogP contribution in [0, 0.1) is 5.92 Å². The Labute approximate surface area is 176 Å². The van der Waals surface area contributed by atoms with E-state index in [4.69, 9.17) is 10.5 Å². The summed E-state index contributed by atoms with van der Waals surface area (Å²) in [6.45, 7) is 8.73. The number of esters is 1. The smallest absolute Gasteiger partial charge is 0.341 e. The number of carbonyl (C=O) groups excluding carboxylic acids is 2. The third-order valence-electron chi connectivity index (χ3n) is 4.86. The number of anilines is 1. The summed E-state index contributed by atoms with van der Waals surface area (Å²) in [5, 5.41) is 6.44. The summed E-state index contributed by atoms with van der Waals surface area (Å²) in [5.41, 5.74) is 9.41. The van der Waals surface area contributed by atoms with Crippen LogP contribution in [-0.4, -0.2) is 25.5 Å². The van der Waals surface area contributed by atoms with Crippen molar-refractivity contribution in [1.82, 2.24) is 10.6 Å². The fraction of sp³-hybridized carbons (Fsp3) is 0.455. The molecule has 29 heavy (non-hydrogen) atoms. The predicted octanol–water partition coefficient (Wildman–Crippen LogP) is 3.92. The maximum atomic E-state index is 12.5. The molecule has 0 saturated heterocycles. The number of benzene rings is 1. The number of hydrogen-bond acceptors (Lipinski definition) is 6. The standard InChI is InChI=1S/C22H31N3O3S/c1-6-14-8-10-15(11-9-14)18(13(3)4)25-12-16-17(22(27)28-7-2)20(23)29-19(16)21(26)24-5/h8-11,13,18,25H,6-7,12,23H2,1-5H3,(H,24,26)/t18-/m0/s1. The SMILES string of the molecule is CCOC(=O)c1c(N)sc(C(=O)NC)c1CN[C@H](c1ccc(CC)cc1)C(C)C. The van der Waals surface area contributed by atoms with Crippen molar-refractivity contribution < 1.29 is 14.3 Å². The van der Waals surface area contributed by atoms with Gasteiger partial charge in [-0.05, 0) is 30.4 Å². The first kappa shape index (κ1) is 22.9. The van der Waals surface area contributed by atoms with Gasteiger partial charge in [-0.1, -0.05) is 45.0 Å². The molecular weight excluding hydrogens is 386 g/mol. The Morgan fingerprint density at radius 2 is 1.83 bits per heavy atom. The number of nitrogens with two attached hydrogens (primary N) is 1. The molecule has 158 valence electrons. The molecule has 0 aliphatic heterocycles. The molecule has 1 amide bonds. The Bertz CT molecular complexity index is 844. The van der Waals surface area contributed by atoms with Gasteiger partial charge < -0.3 is 21.1 Å². The van der Waals surface area contributed by atoms with Crippen molar-refractivity contribution >= 4 is 28.2 Å². The molecule has 0 saturated carbocycles. The van der Waals surface area contributed by atoms with Gasteiger partial charge in [0.15, 0.2) is 0 Å². The summed E-state index contributed by atoms with van der Waals surface area (Å²) in [6.07, 6.45) is 0.993. The van der Waals surface area contributed by atoms with Gasteiger partial charge in [-0.15, -0.1) is 11.3 Å². The molecule has 7 heteroatoms. The van der Waals surface area contributed by atoms with Crippen molar-refractivity contribution in [3.05, 3.63) is 51.4 Å². The van der Waals surface area contributed by atoms with Crippen molar-refractivity contribution in [3.8, 4) is 0 Å². The van der Waals surface area contributed by atoms with E-state index in [1.165, 1.54) is 11.1 Å². The van der Waals surface area contributed by atoms with Gasteiger partial charge in [-0.25, -0.2) is 4.79 Å². The molecule has 0 aliphatic carbocycles. The van der Waals surface area contributed by atoms with E-state index in [0.29, 0.717) is 27.9 Å². The first-order valence-electron chi connectivity index (χ1n) is 9.96. The number of rotatable bonds is 9. The second kappa shape index (κ2) is 10.4. The number of aryl methyl sites for hydroxylation is 1. The Morgan fingerprint density at radius 3 is 2.34 bits per heavy atom. The first-order valence-corrected chi connectivity index (χ1v) is 10.8. The average molecular weight is 418 g/mol. The normalized spacial score (nSPS) is 12.1. The fourth-order valence-electron chi connectivity index (χ4n) is 3.29. The molecule has 0 bridgehead atoms. The quantitative estimate of drug-likeness (QED) is 0.538. The van der Waals surface area contributed by atoms with E-state index in [1.807, 2.05) is 0 Å². The lowest BCUT2D eigenvalue weighted by molar-refractivity contribution is 0.0526. The van der Waals surface area contributed by atoms with Gasteiger partial charge in [0.25, 0.3) is 5.91 Å². The maximum absolute atomic E-state index is 12.5. The zero-order valence-electron chi connectivity index (χ0n) is 17.8. The molecule has 0 fully saturated rings. The van der Waals surface area contributed by atoms with E-state index in [1.54, 1.807) is 14.0 Å². The molecule has 0 spiro atoms. The lowest BCUT2D eigenvalue weighted by atomic mass is 9.94. The van der Waals surface area contributed by atoms with E-state index >= 15 is 0 Å². The van der Waals surface area contributed by atoms with Gasteiger partial charge in [0, 0.05) is 25.2 Å². The highest BCUT2D eigenvalue weighted by Crippen LogP contribution is 2.33. The van der Waals surface area contributed by atoms with Crippen LogP contribution in [0.3, 0.4) is 0 Å². The van der Waals surface area contributed by atoms with Crippen molar-refractivity contribution in [2.24, 2.45) is 5.92 Å². The first-order chi connectivity index (χ1) is 13.8. The molecule has 0 radical (unpaired) electrons. The molecule has 0 aliphatic rings. The third kappa shape index (κ3) is 5.36. The molecule has 4 N–H and O–H groups in total. The third-order valence-corrected chi connectivity index (χ3v) is 5.92. The van der Waals surface area contributed by atoms with Crippen LogP contribution in [0.1, 0.15) is 70.5 Å². The summed E-state index contributed by atoms with van der Waals surface area (Å²) in [5.74, 6) is -0.447. The number of thiophene rings is 1. The zero-order valence-corrected chi connectivity index (χ0v) is 18.6. The van der Waals surface area contributed by atoms with Gasteiger partial charge in [0.05, 0.1) is 17.0 Å². The molecule has 2 rings (SSSR count). The Morgan fingerprint density at radius 1 is 1.17 bits per heavy atom. The Balaban J connectivity index is 2.36. The van der Waals surface area contributed by atoms with Crippen LogP contribution in [0.5, 0.6) is 0 Å². The minimum absolute atomic E-state index is 0.0645. The van der Waals surface area contributed by atoms with Crippen LogP contribution in [0.2, 0.25) is 0 Å². The van der Waals surface area contributed by atoms with Crippen LogP contribution in [0.4, 0.5) is 5.00 Å². The summed E-state index contributed by atoms with van der Waals surface area (Å²) in [7, 11) is 1.56. The van der Waals surface area contributed by atoms with Crippen LogP contribution >= 0.6 is 11.3 Å². The van der Waals surface area contributed by atoms with E-state index in [-0.39, 0.29) is 24.1 Å². The maximum Gasteiger partial charge on any atom is 0.341 e. The minimum atomic E-state index is -0.499. The molecule has 0 unspecified atom stereocenters.